The van der Waals surface area contributed by atoms with Crippen LogP contribution in [0.2, 0.25) is 0 Å². The van der Waals surface area contributed by atoms with Crippen LogP contribution in [0.4, 0.5) is 4.79 Å². The van der Waals surface area contributed by atoms with Crippen molar-refractivity contribution >= 4 is 6.03 Å². The molecule has 25 heavy (non-hydrogen) atoms. The Morgan fingerprint density at radius 1 is 1.52 bits per heavy atom. The summed E-state index contributed by atoms with van der Waals surface area (Å²) in [4.78, 5) is 26.0. The van der Waals surface area contributed by atoms with Crippen LogP contribution in [0.25, 0.3) is 0 Å². The topological polar surface area (TPSA) is 85.7 Å². The molecule has 0 aliphatic carbocycles. The molecule has 0 bridgehead atoms. The van der Waals surface area contributed by atoms with Gasteiger partial charge in [-0.3, -0.25) is 4.79 Å². The van der Waals surface area contributed by atoms with Crippen LogP contribution in [-0.4, -0.2) is 64.8 Å². The Labute approximate surface area is 147 Å². The maximum absolute atomic E-state index is 12.4. The fourth-order valence-corrected chi connectivity index (χ4v) is 3.38. The van der Waals surface area contributed by atoms with Gasteiger partial charge in [0.1, 0.15) is 5.60 Å². The Kier molecular flexibility index (Phi) is 5.39. The molecule has 138 valence electrons. The van der Waals surface area contributed by atoms with Gasteiger partial charge in [0.05, 0.1) is 32.4 Å². The smallest absolute Gasteiger partial charge is 0.317 e. The number of rotatable bonds is 3. The molecule has 0 saturated carbocycles. The van der Waals surface area contributed by atoms with E-state index in [9.17, 15) is 9.59 Å². The van der Waals surface area contributed by atoms with Crippen LogP contribution in [0, 0.1) is 0 Å². The van der Waals surface area contributed by atoms with Crippen LogP contribution in [0.15, 0.2) is 23.1 Å². The summed E-state index contributed by atoms with van der Waals surface area (Å²) in [6.07, 6.45) is 3.10. The number of nitrogens with one attached hydrogen (secondary N) is 1. The summed E-state index contributed by atoms with van der Waals surface area (Å²) in [6.45, 7) is 6.31. The van der Waals surface area contributed by atoms with Crippen LogP contribution >= 0.6 is 0 Å². The van der Waals surface area contributed by atoms with Gasteiger partial charge in [-0.15, -0.1) is 0 Å². The van der Waals surface area contributed by atoms with Gasteiger partial charge in [-0.25, -0.2) is 9.48 Å². The minimum atomic E-state index is -0.506. The molecule has 1 N–H and O–H groups in total. The first-order chi connectivity index (χ1) is 12.0. The summed E-state index contributed by atoms with van der Waals surface area (Å²) in [6, 6.07) is 3.11. The predicted octanol–water partition coefficient (Wildman–Crippen LogP) is 0.611. The summed E-state index contributed by atoms with van der Waals surface area (Å²) in [5.41, 5.74) is -0.643. The highest BCUT2D eigenvalue weighted by atomic mass is 16.6. The largest absolute Gasteiger partial charge is 0.377 e. The molecule has 1 spiro atoms. The minimum absolute atomic E-state index is 0.0842. The summed E-state index contributed by atoms with van der Waals surface area (Å²) in [5.74, 6) is 0. The molecule has 8 heteroatoms. The zero-order chi connectivity index (χ0) is 17.9. The molecule has 2 aliphatic heterocycles. The Morgan fingerprint density at radius 3 is 3.12 bits per heavy atom. The van der Waals surface area contributed by atoms with E-state index in [-0.39, 0.29) is 23.7 Å². The monoisotopic (exact) mass is 350 g/mol. The summed E-state index contributed by atoms with van der Waals surface area (Å²) in [7, 11) is 0. The van der Waals surface area contributed by atoms with E-state index in [2.05, 4.69) is 10.4 Å². The van der Waals surface area contributed by atoms with Gasteiger partial charge in [-0.2, -0.15) is 5.10 Å². The van der Waals surface area contributed by atoms with Gasteiger partial charge in [0, 0.05) is 24.8 Å². The van der Waals surface area contributed by atoms with Crippen molar-refractivity contribution < 1.29 is 14.3 Å². The van der Waals surface area contributed by atoms with Crippen LogP contribution < -0.4 is 10.9 Å². The third kappa shape index (κ3) is 4.38. The fraction of sp³-hybridized carbons (Fsp3) is 0.706. The van der Waals surface area contributed by atoms with Crippen molar-refractivity contribution in [1.29, 1.82) is 0 Å². The number of amides is 2. The van der Waals surface area contributed by atoms with Crippen molar-refractivity contribution in [2.24, 2.45) is 0 Å². The average Bonchev–Trinajstić information content (AvgIpc) is 2.81. The van der Waals surface area contributed by atoms with E-state index in [0.29, 0.717) is 32.8 Å². The van der Waals surface area contributed by atoms with Gasteiger partial charge in [0.2, 0.25) is 0 Å². The first-order valence-electron chi connectivity index (χ1n) is 8.81. The lowest BCUT2D eigenvalue weighted by molar-refractivity contribution is -0.0879. The van der Waals surface area contributed by atoms with Crippen molar-refractivity contribution in [3.8, 4) is 0 Å². The number of aromatic nitrogens is 2. The minimum Gasteiger partial charge on any atom is -0.377 e. The van der Waals surface area contributed by atoms with Crippen molar-refractivity contribution in [1.82, 2.24) is 20.0 Å². The van der Waals surface area contributed by atoms with Gasteiger partial charge < -0.3 is 19.7 Å². The third-order valence-corrected chi connectivity index (χ3v) is 4.55. The van der Waals surface area contributed by atoms with Crippen molar-refractivity contribution in [2.45, 2.75) is 51.0 Å². The molecule has 0 radical (unpaired) electrons. The van der Waals surface area contributed by atoms with Crippen molar-refractivity contribution in [3.05, 3.63) is 28.7 Å². The van der Waals surface area contributed by atoms with E-state index in [1.54, 1.807) is 17.2 Å². The Bertz CT molecular complexity index is 662. The molecule has 2 fully saturated rings. The van der Waals surface area contributed by atoms with Gasteiger partial charge in [-0.05, 0) is 32.8 Å². The van der Waals surface area contributed by atoms with Crippen LogP contribution in [0.1, 0.15) is 26.7 Å². The zero-order valence-electron chi connectivity index (χ0n) is 14.8. The highest BCUT2D eigenvalue weighted by Crippen LogP contribution is 2.33. The first-order valence-corrected chi connectivity index (χ1v) is 8.81. The van der Waals surface area contributed by atoms with E-state index >= 15 is 0 Å². The van der Waals surface area contributed by atoms with Crippen LogP contribution in [0.5, 0.6) is 0 Å². The normalized spacial score (nSPS) is 26.8. The molecule has 0 unspecified atom stereocenters. The van der Waals surface area contributed by atoms with E-state index in [4.69, 9.17) is 9.47 Å². The molecule has 2 atom stereocenters. The quantitative estimate of drug-likeness (QED) is 0.863. The van der Waals surface area contributed by atoms with E-state index in [1.807, 2.05) is 13.8 Å². The molecule has 2 aliphatic rings. The second-order valence-electron chi connectivity index (χ2n) is 7.08. The zero-order valence-corrected chi connectivity index (χ0v) is 14.8. The van der Waals surface area contributed by atoms with Crippen LogP contribution in [-0.2, 0) is 16.0 Å². The lowest BCUT2D eigenvalue weighted by Gasteiger charge is -2.32. The molecule has 0 aromatic carbocycles. The third-order valence-electron chi connectivity index (χ3n) is 4.55. The van der Waals surface area contributed by atoms with Gasteiger partial charge in [-0.1, -0.05) is 0 Å². The average molecular weight is 350 g/mol. The number of carbonyl (C=O) groups excluding carboxylic acids is 1. The Balaban J connectivity index is 1.66. The number of urea groups is 1. The maximum atomic E-state index is 12.4. The van der Waals surface area contributed by atoms with E-state index in [0.717, 1.165) is 12.8 Å². The standard InChI is InChI=1S/C17H26N4O4/c1-13(2)19-16(23)20-8-9-24-12-17(11-20)6-5-14(25-17)10-21-15(22)4-3-7-18-21/h3-4,7,13-14H,5-6,8-12H2,1-2H3,(H,19,23)/t14-,17-/m1/s1. The van der Waals surface area contributed by atoms with Gasteiger partial charge >= 0.3 is 6.03 Å². The lowest BCUT2D eigenvalue weighted by Crippen LogP contribution is -2.51. The molecular formula is C17H26N4O4. The molecule has 2 saturated heterocycles. The molecule has 3 rings (SSSR count). The Hall–Kier alpha value is -1.93. The maximum Gasteiger partial charge on any atom is 0.317 e. The number of hydrogen-bond acceptors (Lipinski definition) is 5. The Morgan fingerprint density at radius 2 is 2.36 bits per heavy atom. The highest BCUT2D eigenvalue weighted by molar-refractivity contribution is 5.74. The van der Waals surface area contributed by atoms with Crippen molar-refractivity contribution in [2.75, 3.05) is 26.3 Å². The molecule has 2 amide bonds. The molecular weight excluding hydrogens is 324 g/mol. The first kappa shape index (κ1) is 17.9. The summed E-state index contributed by atoms with van der Waals surface area (Å²) in [5, 5.41) is 7.01. The number of nitrogens with zero attached hydrogens (tertiary/aromatic N) is 3. The van der Waals surface area contributed by atoms with E-state index < -0.39 is 5.60 Å². The molecule has 1 aromatic rings. The second kappa shape index (κ2) is 7.53. The summed E-state index contributed by atoms with van der Waals surface area (Å²) < 4.78 is 13.4. The van der Waals surface area contributed by atoms with Crippen LogP contribution in [0.3, 0.4) is 0 Å². The number of hydrogen-bond donors (Lipinski definition) is 1. The highest BCUT2D eigenvalue weighted by Gasteiger charge is 2.44. The SMILES string of the molecule is CC(C)NC(=O)N1CCOC[C@@]2(CC[C@H](Cn3ncccc3=O)O2)C1. The molecule has 1 aromatic heterocycles. The summed E-state index contributed by atoms with van der Waals surface area (Å²) >= 11 is 0. The lowest BCUT2D eigenvalue weighted by atomic mass is 10.00. The fourth-order valence-electron chi connectivity index (χ4n) is 3.38. The number of carbonyl (C=O) groups is 1. The van der Waals surface area contributed by atoms with E-state index in [1.165, 1.54) is 10.7 Å². The second-order valence-corrected chi connectivity index (χ2v) is 7.08. The molecule has 3 heterocycles. The predicted molar refractivity (Wildman–Crippen MR) is 91.4 cm³/mol. The van der Waals surface area contributed by atoms with Crippen molar-refractivity contribution in [3.63, 3.8) is 0 Å². The molecule has 8 nitrogen and oxygen atoms in total. The number of ether oxygens (including phenoxy) is 2. The van der Waals surface area contributed by atoms with Gasteiger partial charge in [0.15, 0.2) is 0 Å². The van der Waals surface area contributed by atoms with Gasteiger partial charge in [0.25, 0.3) is 5.56 Å².